The molecular weight excluding hydrogens is 306 g/mol. The SMILES string of the molecule is C[C@@H](OC(=O)c1ccc(O)cc1)C(=O)N1c2ccccc2C[C@@H]1C. The Kier molecular flexibility index (Phi) is 4.25. The van der Waals surface area contributed by atoms with Gasteiger partial charge in [0, 0.05) is 11.7 Å². The maximum Gasteiger partial charge on any atom is 0.338 e. The van der Waals surface area contributed by atoms with E-state index in [0.717, 1.165) is 17.7 Å². The monoisotopic (exact) mass is 325 g/mol. The number of hydrogen-bond donors (Lipinski definition) is 1. The van der Waals surface area contributed by atoms with Gasteiger partial charge in [0.15, 0.2) is 6.10 Å². The molecule has 0 aromatic heterocycles. The highest BCUT2D eigenvalue weighted by Crippen LogP contribution is 2.32. The Bertz CT molecular complexity index is 769. The van der Waals surface area contributed by atoms with Crippen LogP contribution in [0.25, 0.3) is 0 Å². The number of nitrogens with zero attached hydrogens (tertiary/aromatic N) is 1. The van der Waals surface area contributed by atoms with E-state index in [0.29, 0.717) is 5.56 Å². The van der Waals surface area contributed by atoms with E-state index in [1.165, 1.54) is 24.3 Å². The first-order valence-electron chi connectivity index (χ1n) is 7.88. The van der Waals surface area contributed by atoms with Crippen LogP contribution in [0.1, 0.15) is 29.8 Å². The molecule has 1 aliphatic rings. The highest BCUT2D eigenvalue weighted by molar-refractivity contribution is 6.00. The minimum atomic E-state index is -0.889. The summed E-state index contributed by atoms with van der Waals surface area (Å²) in [6.07, 6.45) is -0.0968. The number of rotatable bonds is 3. The van der Waals surface area contributed by atoms with Gasteiger partial charge in [0.1, 0.15) is 5.75 Å². The third-order valence-electron chi connectivity index (χ3n) is 4.18. The molecule has 0 fully saturated rings. The molecule has 0 unspecified atom stereocenters. The summed E-state index contributed by atoms with van der Waals surface area (Å²) in [6, 6.07) is 13.5. The minimum Gasteiger partial charge on any atom is -0.508 e. The van der Waals surface area contributed by atoms with Crippen LogP contribution >= 0.6 is 0 Å². The van der Waals surface area contributed by atoms with E-state index in [4.69, 9.17) is 4.74 Å². The molecule has 1 aliphatic heterocycles. The lowest BCUT2D eigenvalue weighted by molar-refractivity contribution is -0.126. The summed E-state index contributed by atoms with van der Waals surface area (Å²) in [6.45, 7) is 3.56. The van der Waals surface area contributed by atoms with Crippen molar-refractivity contribution in [2.45, 2.75) is 32.4 Å². The summed E-state index contributed by atoms with van der Waals surface area (Å²) in [5.41, 5.74) is 2.29. The van der Waals surface area contributed by atoms with Gasteiger partial charge in [-0.2, -0.15) is 0 Å². The average molecular weight is 325 g/mol. The zero-order valence-corrected chi connectivity index (χ0v) is 13.6. The second-order valence-electron chi connectivity index (χ2n) is 5.98. The zero-order chi connectivity index (χ0) is 17.3. The molecule has 124 valence electrons. The quantitative estimate of drug-likeness (QED) is 0.881. The van der Waals surface area contributed by atoms with Gasteiger partial charge in [-0.3, -0.25) is 4.79 Å². The van der Waals surface area contributed by atoms with Gasteiger partial charge >= 0.3 is 5.97 Å². The molecule has 0 spiro atoms. The molecule has 2 aromatic carbocycles. The van der Waals surface area contributed by atoms with E-state index < -0.39 is 12.1 Å². The van der Waals surface area contributed by atoms with Gasteiger partial charge in [0.25, 0.3) is 5.91 Å². The van der Waals surface area contributed by atoms with Crippen molar-refractivity contribution in [1.29, 1.82) is 0 Å². The lowest BCUT2D eigenvalue weighted by atomic mass is 10.1. The third-order valence-corrected chi connectivity index (χ3v) is 4.18. The Morgan fingerprint density at radius 3 is 2.54 bits per heavy atom. The number of phenols is 1. The Morgan fingerprint density at radius 2 is 1.83 bits per heavy atom. The molecule has 0 aliphatic carbocycles. The molecule has 0 saturated carbocycles. The molecule has 1 amide bonds. The summed E-state index contributed by atoms with van der Waals surface area (Å²) in [7, 11) is 0. The standard InChI is InChI=1S/C19H19NO4/c1-12-11-15-5-3-4-6-17(15)20(12)18(22)13(2)24-19(23)14-7-9-16(21)10-8-14/h3-10,12-13,21H,11H2,1-2H3/t12-,13+/m0/s1. The smallest absolute Gasteiger partial charge is 0.338 e. The molecule has 0 radical (unpaired) electrons. The topological polar surface area (TPSA) is 66.8 Å². The van der Waals surface area contributed by atoms with Crippen LogP contribution in [0.3, 0.4) is 0 Å². The van der Waals surface area contributed by atoms with Crippen molar-refractivity contribution in [2.75, 3.05) is 4.90 Å². The molecule has 24 heavy (non-hydrogen) atoms. The maximum atomic E-state index is 12.7. The van der Waals surface area contributed by atoms with Crippen molar-refractivity contribution < 1.29 is 19.4 Å². The Morgan fingerprint density at radius 1 is 1.17 bits per heavy atom. The van der Waals surface area contributed by atoms with Crippen molar-refractivity contribution in [1.82, 2.24) is 0 Å². The van der Waals surface area contributed by atoms with Crippen LogP contribution < -0.4 is 4.90 Å². The fourth-order valence-corrected chi connectivity index (χ4v) is 2.97. The number of aromatic hydroxyl groups is 1. The van der Waals surface area contributed by atoms with Gasteiger partial charge in [0.05, 0.1) is 5.56 Å². The summed E-state index contributed by atoms with van der Waals surface area (Å²) < 4.78 is 5.30. The van der Waals surface area contributed by atoms with Crippen molar-refractivity contribution >= 4 is 17.6 Å². The first kappa shape index (κ1) is 16.1. The number of benzene rings is 2. The number of carbonyl (C=O) groups excluding carboxylic acids is 2. The summed E-state index contributed by atoms with van der Waals surface area (Å²) >= 11 is 0. The number of esters is 1. The first-order chi connectivity index (χ1) is 11.5. The number of ether oxygens (including phenoxy) is 1. The van der Waals surface area contributed by atoms with Crippen LogP contribution in [0.4, 0.5) is 5.69 Å². The molecule has 2 atom stereocenters. The van der Waals surface area contributed by atoms with Gasteiger partial charge in [-0.05, 0) is 56.2 Å². The number of amides is 1. The molecule has 3 rings (SSSR count). The van der Waals surface area contributed by atoms with E-state index in [2.05, 4.69) is 0 Å². The van der Waals surface area contributed by atoms with Crippen LogP contribution in [0, 0.1) is 0 Å². The third kappa shape index (κ3) is 2.97. The van der Waals surface area contributed by atoms with Gasteiger partial charge in [-0.25, -0.2) is 4.79 Å². The van der Waals surface area contributed by atoms with E-state index in [9.17, 15) is 14.7 Å². The average Bonchev–Trinajstić information content (AvgIpc) is 2.90. The molecule has 0 bridgehead atoms. The second-order valence-corrected chi connectivity index (χ2v) is 5.98. The molecule has 0 saturated heterocycles. The van der Waals surface area contributed by atoms with E-state index in [1.807, 2.05) is 31.2 Å². The number of anilines is 1. The number of phenolic OH excluding ortho intramolecular Hbond substituents is 1. The minimum absolute atomic E-state index is 0.0322. The fraction of sp³-hybridized carbons (Fsp3) is 0.263. The number of hydrogen-bond acceptors (Lipinski definition) is 4. The number of carbonyl (C=O) groups is 2. The van der Waals surface area contributed by atoms with Crippen LogP contribution in [0.15, 0.2) is 48.5 Å². The molecule has 1 N–H and O–H groups in total. The van der Waals surface area contributed by atoms with Gasteiger partial charge in [0.2, 0.25) is 0 Å². The molecule has 2 aromatic rings. The largest absolute Gasteiger partial charge is 0.508 e. The van der Waals surface area contributed by atoms with Crippen LogP contribution in [-0.2, 0) is 16.0 Å². The summed E-state index contributed by atoms with van der Waals surface area (Å²) in [5, 5.41) is 9.26. The van der Waals surface area contributed by atoms with Crippen LogP contribution in [0.5, 0.6) is 5.75 Å². The van der Waals surface area contributed by atoms with Crippen LogP contribution in [-0.4, -0.2) is 29.1 Å². The van der Waals surface area contributed by atoms with Crippen molar-refractivity contribution in [3.63, 3.8) is 0 Å². The summed E-state index contributed by atoms with van der Waals surface area (Å²) in [4.78, 5) is 26.6. The maximum absolute atomic E-state index is 12.7. The van der Waals surface area contributed by atoms with Gasteiger partial charge in [-0.15, -0.1) is 0 Å². The van der Waals surface area contributed by atoms with Crippen molar-refractivity contribution in [3.05, 3.63) is 59.7 Å². The Labute approximate surface area is 140 Å². The lowest BCUT2D eigenvalue weighted by Gasteiger charge is -2.25. The molecule has 1 heterocycles. The highest BCUT2D eigenvalue weighted by atomic mass is 16.5. The number of para-hydroxylation sites is 1. The van der Waals surface area contributed by atoms with E-state index in [-0.39, 0.29) is 17.7 Å². The molecular formula is C19H19NO4. The number of fused-ring (bicyclic) bond motifs is 1. The summed E-state index contributed by atoms with van der Waals surface area (Å²) in [5.74, 6) is -0.756. The fourth-order valence-electron chi connectivity index (χ4n) is 2.97. The van der Waals surface area contributed by atoms with E-state index >= 15 is 0 Å². The van der Waals surface area contributed by atoms with Gasteiger partial charge < -0.3 is 14.7 Å². The first-order valence-corrected chi connectivity index (χ1v) is 7.88. The zero-order valence-electron chi connectivity index (χ0n) is 13.6. The predicted octanol–water partition coefficient (Wildman–Crippen LogP) is 2.92. The molecule has 5 heteroatoms. The molecule has 5 nitrogen and oxygen atoms in total. The lowest BCUT2D eigenvalue weighted by Crippen LogP contribution is -2.43. The van der Waals surface area contributed by atoms with Crippen LogP contribution in [0.2, 0.25) is 0 Å². The van der Waals surface area contributed by atoms with E-state index in [1.54, 1.807) is 11.8 Å². The predicted molar refractivity (Wildman–Crippen MR) is 90.1 cm³/mol. The van der Waals surface area contributed by atoms with Crippen molar-refractivity contribution in [2.24, 2.45) is 0 Å². The highest BCUT2D eigenvalue weighted by Gasteiger charge is 2.34. The van der Waals surface area contributed by atoms with Crippen molar-refractivity contribution in [3.8, 4) is 5.75 Å². The Balaban J connectivity index is 1.73. The van der Waals surface area contributed by atoms with Gasteiger partial charge in [-0.1, -0.05) is 18.2 Å². The Hall–Kier alpha value is -2.82. The normalized spacial score (nSPS) is 17.2. The second kappa shape index (κ2) is 6.35.